The standard InChI is InChI=1S/C37H66O8/c1-3-5-8-18-30(43-34-20-11-14-25-40-34)23-24-31-29(17-9-6-7-10-19-33(38)39-4-2)28-32(44-35-21-12-15-26-41-35)37(31)45-36-22-13-16-27-42-36/h29-32,34-37H,3-28H2,1-2H3. The highest BCUT2D eigenvalue weighted by molar-refractivity contribution is 5.69. The van der Waals surface area contributed by atoms with Gasteiger partial charge in [-0.15, -0.1) is 0 Å². The van der Waals surface area contributed by atoms with Crippen LogP contribution in [0.5, 0.6) is 0 Å². The molecule has 8 atom stereocenters. The molecule has 3 heterocycles. The number of carbonyl (C=O) groups excluding carboxylic acids is 1. The van der Waals surface area contributed by atoms with Gasteiger partial charge in [0.25, 0.3) is 0 Å². The minimum atomic E-state index is -0.140. The van der Waals surface area contributed by atoms with Crippen molar-refractivity contribution in [1.82, 2.24) is 0 Å². The predicted molar refractivity (Wildman–Crippen MR) is 175 cm³/mol. The second kappa shape index (κ2) is 22.0. The molecule has 4 fully saturated rings. The summed E-state index contributed by atoms with van der Waals surface area (Å²) in [6.45, 7) is 6.98. The highest BCUT2D eigenvalue weighted by atomic mass is 16.7. The number of carbonyl (C=O) groups is 1. The van der Waals surface area contributed by atoms with Crippen molar-refractivity contribution in [3.63, 3.8) is 0 Å². The molecule has 0 aromatic heterocycles. The Morgan fingerprint density at radius 2 is 1.38 bits per heavy atom. The van der Waals surface area contributed by atoms with Crippen LogP contribution in [0.4, 0.5) is 0 Å². The molecule has 4 rings (SSSR count). The van der Waals surface area contributed by atoms with Crippen LogP contribution in [0.25, 0.3) is 0 Å². The summed E-state index contributed by atoms with van der Waals surface area (Å²) >= 11 is 0. The van der Waals surface area contributed by atoms with E-state index in [-0.39, 0.29) is 43.2 Å². The quantitative estimate of drug-likeness (QED) is 0.0913. The van der Waals surface area contributed by atoms with Gasteiger partial charge in [0, 0.05) is 26.2 Å². The van der Waals surface area contributed by atoms with Crippen molar-refractivity contribution < 1.29 is 38.0 Å². The zero-order valence-electron chi connectivity index (χ0n) is 28.8. The van der Waals surface area contributed by atoms with E-state index in [4.69, 9.17) is 33.2 Å². The average Bonchev–Trinajstić information content (AvgIpc) is 3.37. The monoisotopic (exact) mass is 638 g/mol. The van der Waals surface area contributed by atoms with Gasteiger partial charge in [-0.2, -0.15) is 0 Å². The zero-order chi connectivity index (χ0) is 31.5. The molecular formula is C37H66O8. The van der Waals surface area contributed by atoms with Gasteiger partial charge >= 0.3 is 5.97 Å². The lowest BCUT2D eigenvalue weighted by molar-refractivity contribution is -0.248. The molecule has 1 aliphatic carbocycles. The third-order valence-electron chi connectivity index (χ3n) is 10.3. The van der Waals surface area contributed by atoms with Gasteiger partial charge in [-0.3, -0.25) is 4.79 Å². The van der Waals surface area contributed by atoms with E-state index in [2.05, 4.69) is 6.92 Å². The van der Waals surface area contributed by atoms with E-state index in [9.17, 15) is 4.79 Å². The van der Waals surface area contributed by atoms with Crippen molar-refractivity contribution in [1.29, 1.82) is 0 Å². The Balaban J connectivity index is 1.41. The maximum absolute atomic E-state index is 11.8. The predicted octanol–water partition coefficient (Wildman–Crippen LogP) is 8.62. The van der Waals surface area contributed by atoms with Crippen LogP contribution in [-0.4, -0.2) is 69.6 Å². The van der Waals surface area contributed by atoms with E-state index in [1.165, 1.54) is 25.7 Å². The molecule has 0 N–H and O–H groups in total. The smallest absolute Gasteiger partial charge is 0.305 e. The number of hydrogen-bond acceptors (Lipinski definition) is 8. The molecule has 8 heteroatoms. The first-order chi connectivity index (χ1) is 22.2. The molecule has 0 spiro atoms. The molecule has 8 nitrogen and oxygen atoms in total. The summed E-state index contributed by atoms with van der Waals surface area (Å²) in [7, 11) is 0. The Bertz CT molecular complexity index is 762. The highest BCUT2D eigenvalue weighted by Gasteiger charge is 2.46. The lowest BCUT2D eigenvalue weighted by atomic mass is 9.85. The first-order valence-electron chi connectivity index (χ1n) is 19.1. The van der Waals surface area contributed by atoms with Crippen LogP contribution in [-0.2, 0) is 38.0 Å². The Morgan fingerprint density at radius 3 is 2.02 bits per heavy atom. The van der Waals surface area contributed by atoms with Crippen molar-refractivity contribution in [2.45, 2.75) is 192 Å². The fraction of sp³-hybridized carbons (Fsp3) is 0.973. The summed E-state index contributed by atoms with van der Waals surface area (Å²) in [5.74, 6) is 0.852. The SMILES string of the molecule is CCCCCC(CCC1C(CCCCCCC(=O)OCC)CC(OC2CCCCO2)C1OC1CCCCO1)OC1CCCCO1. The minimum Gasteiger partial charge on any atom is -0.466 e. The van der Waals surface area contributed by atoms with Gasteiger partial charge in [-0.25, -0.2) is 0 Å². The zero-order valence-corrected chi connectivity index (χ0v) is 28.8. The highest BCUT2D eigenvalue weighted by Crippen LogP contribution is 2.44. The molecule has 4 aliphatic rings. The molecular weight excluding hydrogens is 572 g/mol. The number of ether oxygens (including phenoxy) is 7. The van der Waals surface area contributed by atoms with Crippen LogP contribution < -0.4 is 0 Å². The maximum Gasteiger partial charge on any atom is 0.305 e. The fourth-order valence-electron chi connectivity index (χ4n) is 7.79. The number of rotatable bonds is 21. The third kappa shape index (κ3) is 13.7. The van der Waals surface area contributed by atoms with Gasteiger partial charge < -0.3 is 33.2 Å². The molecule has 0 aromatic rings. The van der Waals surface area contributed by atoms with Gasteiger partial charge in [-0.05, 0) is 115 Å². The largest absolute Gasteiger partial charge is 0.466 e. The van der Waals surface area contributed by atoms with E-state index in [0.717, 1.165) is 129 Å². The molecule has 0 bridgehead atoms. The number of esters is 1. The van der Waals surface area contributed by atoms with Crippen molar-refractivity contribution in [2.24, 2.45) is 11.8 Å². The van der Waals surface area contributed by atoms with Gasteiger partial charge in [0.1, 0.15) is 0 Å². The molecule has 3 saturated heterocycles. The van der Waals surface area contributed by atoms with Crippen molar-refractivity contribution >= 4 is 5.97 Å². The molecule has 0 radical (unpaired) electrons. The molecule has 3 aliphatic heterocycles. The Hall–Kier alpha value is -0.770. The molecule has 262 valence electrons. The van der Waals surface area contributed by atoms with E-state index in [1.807, 2.05) is 6.92 Å². The van der Waals surface area contributed by atoms with Gasteiger partial charge in [-0.1, -0.05) is 45.4 Å². The normalized spacial score (nSPS) is 31.6. The second-order valence-corrected chi connectivity index (χ2v) is 13.9. The Labute approximate surface area is 274 Å². The van der Waals surface area contributed by atoms with E-state index < -0.39 is 0 Å². The number of unbranched alkanes of at least 4 members (excludes halogenated alkanes) is 5. The second-order valence-electron chi connectivity index (χ2n) is 13.9. The molecule has 0 aromatic carbocycles. The Morgan fingerprint density at radius 1 is 0.711 bits per heavy atom. The molecule has 45 heavy (non-hydrogen) atoms. The molecule has 0 amide bonds. The van der Waals surface area contributed by atoms with Crippen molar-refractivity contribution in [3.8, 4) is 0 Å². The summed E-state index contributed by atoms with van der Waals surface area (Å²) in [6.07, 6.45) is 23.6. The summed E-state index contributed by atoms with van der Waals surface area (Å²) in [5, 5.41) is 0. The van der Waals surface area contributed by atoms with E-state index in [0.29, 0.717) is 24.9 Å². The minimum absolute atomic E-state index is 0.00895. The summed E-state index contributed by atoms with van der Waals surface area (Å²) in [5.41, 5.74) is 0. The first kappa shape index (κ1) is 37.1. The van der Waals surface area contributed by atoms with Crippen molar-refractivity contribution in [2.75, 3.05) is 26.4 Å². The van der Waals surface area contributed by atoms with Crippen LogP contribution in [0, 0.1) is 11.8 Å². The van der Waals surface area contributed by atoms with Gasteiger partial charge in [0.2, 0.25) is 0 Å². The first-order valence-corrected chi connectivity index (χ1v) is 19.1. The van der Waals surface area contributed by atoms with E-state index >= 15 is 0 Å². The lowest BCUT2D eigenvalue weighted by Gasteiger charge is -2.35. The van der Waals surface area contributed by atoms with Gasteiger partial charge in [0.15, 0.2) is 18.9 Å². The fourth-order valence-corrected chi connectivity index (χ4v) is 7.79. The van der Waals surface area contributed by atoms with Gasteiger partial charge in [0.05, 0.1) is 24.9 Å². The third-order valence-corrected chi connectivity index (χ3v) is 10.3. The maximum atomic E-state index is 11.8. The average molecular weight is 639 g/mol. The van der Waals surface area contributed by atoms with Crippen LogP contribution in [0.15, 0.2) is 0 Å². The van der Waals surface area contributed by atoms with Crippen LogP contribution in [0.1, 0.15) is 155 Å². The lowest BCUT2D eigenvalue weighted by Crippen LogP contribution is -2.40. The van der Waals surface area contributed by atoms with Crippen LogP contribution in [0.3, 0.4) is 0 Å². The molecule has 8 unspecified atom stereocenters. The van der Waals surface area contributed by atoms with E-state index in [1.54, 1.807) is 0 Å². The van der Waals surface area contributed by atoms with Crippen molar-refractivity contribution in [3.05, 3.63) is 0 Å². The van der Waals surface area contributed by atoms with Crippen LogP contribution >= 0.6 is 0 Å². The number of hydrogen-bond donors (Lipinski definition) is 0. The summed E-state index contributed by atoms with van der Waals surface area (Å²) in [4.78, 5) is 11.8. The Kier molecular flexibility index (Phi) is 18.1. The topological polar surface area (TPSA) is 81.7 Å². The summed E-state index contributed by atoms with van der Waals surface area (Å²) in [6, 6.07) is 0. The van der Waals surface area contributed by atoms with Crippen LogP contribution in [0.2, 0.25) is 0 Å². The molecule has 1 saturated carbocycles. The summed E-state index contributed by atoms with van der Waals surface area (Å²) < 4.78 is 43.6.